The fourth-order valence-corrected chi connectivity index (χ4v) is 1.18. The third kappa shape index (κ3) is 7.22. The minimum Gasteiger partial charge on any atom is -0.491 e. The summed E-state index contributed by atoms with van der Waals surface area (Å²) in [6, 6.07) is 0. The van der Waals surface area contributed by atoms with Crippen LogP contribution in [0.15, 0.2) is 0 Å². The van der Waals surface area contributed by atoms with E-state index in [0.29, 0.717) is 6.54 Å². The maximum atomic E-state index is 10.7. The second kappa shape index (κ2) is 10.4. The van der Waals surface area contributed by atoms with E-state index in [4.69, 9.17) is 0 Å². The van der Waals surface area contributed by atoms with Gasteiger partial charge in [0.25, 0.3) is 0 Å². The third-order valence-corrected chi connectivity index (χ3v) is 1.93. The predicted molar refractivity (Wildman–Crippen MR) is 45.6 cm³/mol. The van der Waals surface area contributed by atoms with Gasteiger partial charge >= 0.3 is 0 Å². The molecule has 0 bridgehead atoms. The number of nitrogens with zero attached hydrogens (tertiary/aromatic N) is 1. The van der Waals surface area contributed by atoms with Crippen LogP contribution >= 0.6 is 0 Å². The molecule has 0 aliphatic carbocycles. The maximum absolute atomic E-state index is 10.7. The van der Waals surface area contributed by atoms with Gasteiger partial charge < -0.3 is 15.0 Å². The van der Waals surface area contributed by atoms with Crippen LogP contribution in [0.25, 0.3) is 0 Å². The van der Waals surface area contributed by atoms with Gasteiger partial charge in [-0.1, -0.05) is 0 Å². The van der Waals surface area contributed by atoms with Crippen LogP contribution in [-0.4, -0.2) is 50.7 Å². The quantitative estimate of drug-likeness (QED) is 0.446. The summed E-state index contributed by atoms with van der Waals surface area (Å²) in [5.74, 6) is -0.242. The van der Waals surface area contributed by atoms with Crippen molar-refractivity contribution in [1.82, 2.24) is 10.2 Å². The number of hydrogen-bond acceptors (Lipinski definition) is 4. The Hall–Kier alpha value is 0.896. The SMILES string of the molecule is COC(=O)[CH-]CN1CCNCC1.[U].[V]. The van der Waals surface area contributed by atoms with Crippen molar-refractivity contribution in [3.8, 4) is 0 Å². The first-order chi connectivity index (χ1) is 5.83. The first kappa shape index (κ1) is 17.3. The second-order valence-electron chi connectivity index (χ2n) is 2.78. The van der Waals surface area contributed by atoms with Gasteiger partial charge in [0.15, 0.2) is 5.97 Å². The zero-order chi connectivity index (χ0) is 8.81. The van der Waals surface area contributed by atoms with E-state index in [2.05, 4.69) is 15.0 Å². The van der Waals surface area contributed by atoms with Crippen molar-refractivity contribution in [2.24, 2.45) is 0 Å². The Morgan fingerprint density at radius 3 is 2.57 bits per heavy atom. The van der Waals surface area contributed by atoms with Crippen LogP contribution in [0, 0.1) is 37.5 Å². The molecule has 0 spiro atoms. The van der Waals surface area contributed by atoms with Gasteiger partial charge in [0.2, 0.25) is 0 Å². The smallest absolute Gasteiger partial charge is 0.167 e. The summed E-state index contributed by atoms with van der Waals surface area (Å²) in [7, 11) is 1.40. The molecule has 0 atom stereocenters. The molecule has 0 aromatic rings. The van der Waals surface area contributed by atoms with Crippen molar-refractivity contribution >= 4 is 5.97 Å². The van der Waals surface area contributed by atoms with Crippen LogP contribution in [0.4, 0.5) is 0 Å². The van der Waals surface area contributed by atoms with Crippen LogP contribution in [0.1, 0.15) is 0 Å². The molecule has 1 rings (SSSR count). The molecular formula is C8H15N2O2UV-. The summed E-state index contributed by atoms with van der Waals surface area (Å²) < 4.78 is 4.50. The summed E-state index contributed by atoms with van der Waals surface area (Å²) in [6.07, 6.45) is 1.57. The number of carbonyl (C=O) groups is 1. The molecule has 1 fully saturated rings. The van der Waals surface area contributed by atoms with E-state index in [1.165, 1.54) is 7.11 Å². The van der Waals surface area contributed by atoms with Crippen molar-refractivity contribution in [3.05, 3.63) is 6.42 Å². The molecule has 0 amide bonds. The van der Waals surface area contributed by atoms with E-state index in [0.717, 1.165) is 26.2 Å². The maximum Gasteiger partial charge on any atom is 0.167 e. The Bertz CT molecular complexity index is 154. The molecule has 79 valence electrons. The fourth-order valence-electron chi connectivity index (χ4n) is 1.18. The topological polar surface area (TPSA) is 41.6 Å². The Balaban J connectivity index is 0. The van der Waals surface area contributed by atoms with Gasteiger partial charge in [-0.3, -0.25) is 11.2 Å². The average Bonchev–Trinajstić information content (AvgIpc) is 2.16. The summed E-state index contributed by atoms with van der Waals surface area (Å²) >= 11 is 0. The Kier molecular flexibility index (Phi) is 12.9. The van der Waals surface area contributed by atoms with E-state index in [1.54, 1.807) is 6.42 Å². The minimum absolute atomic E-state index is 0. The average molecular weight is 460 g/mol. The Labute approximate surface area is 121 Å². The van der Waals surface area contributed by atoms with Gasteiger partial charge in [-0.25, -0.2) is 0 Å². The van der Waals surface area contributed by atoms with E-state index >= 15 is 0 Å². The summed E-state index contributed by atoms with van der Waals surface area (Å²) in [5, 5.41) is 3.24. The fraction of sp³-hybridized carbons (Fsp3) is 0.750. The van der Waals surface area contributed by atoms with Gasteiger partial charge in [0, 0.05) is 75.8 Å². The third-order valence-electron chi connectivity index (χ3n) is 1.93. The summed E-state index contributed by atoms with van der Waals surface area (Å²) in [5.41, 5.74) is 0. The number of hydrogen-bond donors (Lipinski definition) is 1. The van der Waals surface area contributed by atoms with Gasteiger partial charge in [-0.2, -0.15) is 0 Å². The number of methoxy groups -OCH3 is 1. The summed E-state index contributed by atoms with van der Waals surface area (Å²) in [4.78, 5) is 13.0. The van der Waals surface area contributed by atoms with Crippen molar-refractivity contribution in [1.29, 1.82) is 0 Å². The normalized spacial score (nSPS) is 16.1. The van der Waals surface area contributed by atoms with Crippen LogP contribution in [0.3, 0.4) is 0 Å². The van der Waals surface area contributed by atoms with Crippen molar-refractivity contribution in [2.45, 2.75) is 0 Å². The monoisotopic (exact) mass is 460 g/mol. The molecule has 1 saturated heterocycles. The molecule has 1 radical (unpaired) electrons. The molecule has 4 nitrogen and oxygen atoms in total. The second-order valence-corrected chi connectivity index (χ2v) is 2.78. The number of ether oxygens (including phenoxy) is 1. The standard InChI is InChI=1S/C8H15N2O2.U.V/c1-12-8(11)2-5-10-6-3-9-4-7-10;;/h2,9H,3-7H2,1H3;;/q-1;;. The number of rotatable bonds is 3. The predicted octanol–water partition coefficient (Wildman–Crippen LogP) is -0.734. The van der Waals surface area contributed by atoms with Crippen molar-refractivity contribution in [2.75, 3.05) is 39.8 Å². The first-order valence-electron chi connectivity index (χ1n) is 4.17. The van der Waals surface area contributed by atoms with Crippen LogP contribution in [0.2, 0.25) is 0 Å². The molecule has 0 aromatic heterocycles. The number of nitrogens with one attached hydrogen (secondary N) is 1. The number of carbonyl (C=O) groups excluding carboxylic acids is 1. The molecule has 0 saturated carbocycles. The molecule has 1 aliphatic rings. The molecule has 0 unspecified atom stereocenters. The Morgan fingerprint density at radius 2 is 2.07 bits per heavy atom. The minimum atomic E-state index is -0.242. The number of esters is 1. The number of piperazine rings is 1. The van der Waals surface area contributed by atoms with E-state index < -0.39 is 0 Å². The molecular weight excluding hydrogens is 445 g/mol. The van der Waals surface area contributed by atoms with E-state index in [1.807, 2.05) is 0 Å². The largest absolute Gasteiger partial charge is 0.491 e. The molecule has 1 heterocycles. The first-order valence-corrected chi connectivity index (χ1v) is 4.17. The van der Waals surface area contributed by atoms with Gasteiger partial charge in [0.05, 0.1) is 7.11 Å². The van der Waals surface area contributed by atoms with Crippen LogP contribution in [-0.2, 0) is 28.1 Å². The molecule has 0 aromatic carbocycles. The molecule has 6 heteroatoms. The molecule has 1 aliphatic heterocycles. The van der Waals surface area contributed by atoms with Crippen molar-refractivity contribution in [3.63, 3.8) is 0 Å². The zero-order valence-electron chi connectivity index (χ0n) is 8.32. The summed E-state index contributed by atoms with van der Waals surface area (Å²) in [6.45, 7) is 4.74. The Morgan fingerprint density at radius 1 is 1.50 bits per heavy atom. The van der Waals surface area contributed by atoms with Crippen LogP contribution in [0.5, 0.6) is 0 Å². The molecule has 14 heavy (non-hydrogen) atoms. The zero-order valence-corrected chi connectivity index (χ0v) is 13.9. The van der Waals surface area contributed by atoms with E-state index in [9.17, 15) is 4.79 Å². The van der Waals surface area contributed by atoms with Gasteiger partial charge in [0.1, 0.15) is 0 Å². The van der Waals surface area contributed by atoms with Crippen LogP contribution < -0.4 is 5.32 Å². The van der Waals surface area contributed by atoms with Gasteiger partial charge in [-0.05, 0) is 0 Å². The van der Waals surface area contributed by atoms with E-state index in [-0.39, 0.29) is 55.6 Å². The molecule has 1 N–H and O–H groups in total. The van der Waals surface area contributed by atoms with Crippen molar-refractivity contribution < 1.29 is 59.2 Å². The van der Waals surface area contributed by atoms with Gasteiger partial charge in [-0.15, -0.1) is 6.54 Å².